The molecule has 0 aliphatic rings. The van der Waals surface area contributed by atoms with Crippen LogP contribution in [0.4, 0.5) is 0 Å². The Morgan fingerprint density at radius 3 is 0.821 bits per heavy atom. The molecule has 0 aromatic carbocycles. The van der Waals surface area contributed by atoms with Gasteiger partial charge in [0.15, 0.2) is 0 Å². The van der Waals surface area contributed by atoms with E-state index in [2.05, 4.69) is 52.0 Å². The number of unbranched alkanes of at least 4 members (excludes halogenated alkanes) is 11. The van der Waals surface area contributed by atoms with E-state index >= 15 is 0 Å². The largest absolute Gasteiger partial charge is 0.0848 e. The highest BCUT2D eigenvalue weighted by Gasteiger charge is 1.91. The highest BCUT2D eigenvalue weighted by atomic mass is 14.0. The van der Waals surface area contributed by atoms with E-state index < -0.39 is 0 Å². The highest BCUT2D eigenvalue weighted by Crippen LogP contribution is 2.11. The minimum absolute atomic E-state index is 1.09. The normalized spacial score (nSPS) is 12.1. The zero-order valence-corrected chi connectivity index (χ0v) is 19.7. The van der Waals surface area contributed by atoms with Crippen LogP contribution in [0.3, 0.4) is 0 Å². The summed E-state index contributed by atoms with van der Waals surface area (Å²) in [6, 6.07) is 0. The zero-order chi connectivity index (χ0) is 21.0. The topological polar surface area (TPSA) is 0 Å². The van der Waals surface area contributed by atoms with Crippen molar-refractivity contribution in [3.63, 3.8) is 0 Å². The molecule has 0 spiro atoms. The van der Waals surface area contributed by atoms with Crippen LogP contribution in [0.5, 0.6) is 0 Å². The third-order valence-corrected chi connectivity index (χ3v) is 4.48. The lowest BCUT2D eigenvalue weighted by atomic mass is 10.1. The van der Waals surface area contributed by atoms with E-state index in [1.807, 2.05) is 36.5 Å². The molecule has 0 amide bonds. The monoisotopic (exact) mass is 386 g/mol. The van der Waals surface area contributed by atoms with E-state index in [-0.39, 0.29) is 0 Å². The molecule has 0 aliphatic carbocycles. The fourth-order valence-corrected chi connectivity index (χ4v) is 2.73. The maximum absolute atomic E-state index is 2.29. The third-order valence-electron chi connectivity index (χ3n) is 4.48. The molecular weight excluding hydrogens is 336 g/mol. The van der Waals surface area contributed by atoms with Crippen molar-refractivity contribution in [1.29, 1.82) is 0 Å². The minimum atomic E-state index is 1.09. The predicted molar refractivity (Wildman–Crippen MR) is 133 cm³/mol. The summed E-state index contributed by atoms with van der Waals surface area (Å²) in [4.78, 5) is 0. The van der Waals surface area contributed by atoms with Crippen molar-refractivity contribution >= 4 is 0 Å². The Labute approximate surface area is 178 Å². The fraction of sp³-hybridized carbons (Fsp3) is 0.643. The van der Waals surface area contributed by atoms with E-state index in [4.69, 9.17) is 0 Å². The van der Waals surface area contributed by atoms with Gasteiger partial charge in [-0.2, -0.15) is 0 Å². The van der Waals surface area contributed by atoms with Crippen LogP contribution in [-0.2, 0) is 0 Å². The van der Waals surface area contributed by atoms with Gasteiger partial charge in [0.2, 0.25) is 0 Å². The average Bonchev–Trinajstić information content (AvgIpc) is 2.71. The Morgan fingerprint density at radius 2 is 0.571 bits per heavy atom. The number of hydrogen-bond donors (Lipinski definition) is 0. The van der Waals surface area contributed by atoms with E-state index in [1.165, 1.54) is 77.0 Å². The maximum atomic E-state index is 2.29. The molecule has 0 bridgehead atoms. The molecular formula is C28H50. The van der Waals surface area contributed by atoms with Gasteiger partial charge >= 0.3 is 0 Å². The van der Waals surface area contributed by atoms with Gasteiger partial charge in [0.25, 0.3) is 0 Å². The van der Waals surface area contributed by atoms with Gasteiger partial charge in [0, 0.05) is 0 Å². The molecule has 0 saturated carbocycles. The van der Waals surface area contributed by atoms with Crippen LogP contribution in [0.15, 0.2) is 60.8 Å². The van der Waals surface area contributed by atoms with Crippen molar-refractivity contribution in [3.8, 4) is 0 Å². The molecule has 0 heterocycles. The fourth-order valence-electron chi connectivity index (χ4n) is 2.73. The first kappa shape index (κ1) is 28.9. The molecule has 0 unspecified atom stereocenters. The molecule has 0 heteroatoms. The van der Waals surface area contributed by atoms with E-state index in [0.29, 0.717) is 0 Å². The standard InChI is InChI=1S/C14H30.C14H20/c2*1-3-5-7-9-11-13-14-12-10-8-6-4-2/h3-14H2,1-2H3;5-14H,3-4H2,1-2H3. The summed E-state index contributed by atoms with van der Waals surface area (Å²) in [5, 5.41) is 0. The molecule has 0 N–H and O–H groups in total. The molecule has 0 nitrogen and oxygen atoms in total. The van der Waals surface area contributed by atoms with Gasteiger partial charge in [-0.05, 0) is 12.8 Å². The average molecular weight is 387 g/mol. The van der Waals surface area contributed by atoms with Crippen molar-refractivity contribution in [2.45, 2.75) is 118 Å². The van der Waals surface area contributed by atoms with E-state index in [9.17, 15) is 0 Å². The summed E-state index contributed by atoms with van der Waals surface area (Å²) in [6.45, 7) is 8.83. The number of rotatable bonds is 17. The maximum Gasteiger partial charge on any atom is -0.0376 e. The van der Waals surface area contributed by atoms with Gasteiger partial charge < -0.3 is 0 Å². The molecule has 28 heavy (non-hydrogen) atoms. The Morgan fingerprint density at radius 1 is 0.321 bits per heavy atom. The van der Waals surface area contributed by atoms with Crippen molar-refractivity contribution in [3.05, 3.63) is 60.8 Å². The van der Waals surface area contributed by atoms with E-state index in [0.717, 1.165) is 12.8 Å². The second-order valence-corrected chi connectivity index (χ2v) is 7.36. The molecule has 0 aliphatic heterocycles. The Balaban J connectivity index is 0. The first-order chi connectivity index (χ1) is 13.8. The number of hydrogen-bond acceptors (Lipinski definition) is 0. The summed E-state index contributed by atoms with van der Waals surface area (Å²) in [5.74, 6) is 0. The van der Waals surface area contributed by atoms with Gasteiger partial charge in [-0.1, -0.05) is 166 Å². The van der Waals surface area contributed by atoms with Gasteiger partial charge in [0.1, 0.15) is 0 Å². The third kappa shape index (κ3) is 32.4. The molecule has 0 aromatic rings. The van der Waals surface area contributed by atoms with Crippen LogP contribution in [0.1, 0.15) is 118 Å². The molecule has 0 saturated heterocycles. The van der Waals surface area contributed by atoms with Gasteiger partial charge in [-0.3, -0.25) is 0 Å². The lowest BCUT2D eigenvalue weighted by molar-refractivity contribution is 0.548. The summed E-state index contributed by atoms with van der Waals surface area (Å²) in [7, 11) is 0. The van der Waals surface area contributed by atoms with Gasteiger partial charge in [-0.15, -0.1) is 0 Å². The summed E-state index contributed by atoms with van der Waals surface area (Å²) in [5.41, 5.74) is 0. The Hall–Kier alpha value is -1.30. The predicted octanol–water partition coefficient (Wildman–Crippen LogP) is 10.3. The quantitative estimate of drug-likeness (QED) is 0.172. The van der Waals surface area contributed by atoms with Crippen LogP contribution in [-0.4, -0.2) is 0 Å². The molecule has 0 radical (unpaired) electrons. The first-order valence-corrected chi connectivity index (χ1v) is 12.1. The summed E-state index contributed by atoms with van der Waals surface area (Å²) >= 11 is 0. The minimum Gasteiger partial charge on any atom is -0.0848 e. The highest BCUT2D eigenvalue weighted by molar-refractivity contribution is 5.17. The molecule has 0 fully saturated rings. The van der Waals surface area contributed by atoms with E-state index in [1.54, 1.807) is 0 Å². The number of allylic oxidation sites excluding steroid dienone is 10. The second kappa shape index (κ2) is 30.4. The van der Waals surface area contributed by atoms with Crippen molar-refractivity contribution in [2.24, 2.45) is 0 Å². The van der Waals surface area contributed by atoms with Crippen LogP contribution in [0, 0.1) is 0 Å². The molecule has 0 aromatic heterocycles. The Bertz CT molecular complexity index is 354. The van der Waals surface area contributed by atoms with Gasteiger partial charge in [0.05, 0.1) is 0 Å². The van der Waals surface area contributed by atoms with Crippen molar-refractivity contribution < 1.29 is 0 Å². The lowest BCUT2D eigenvalue weighted by Crippen LogP contribution is -1.81. The Kier molecular flexibility index (Phi) is 31.4. The van der Waals surface area contributed by atoms with Gasteiger partial charge in [-0.25, -0.2) is 0 Å². The second-order valence-electron chi connectivity index (χ2n) is 7.36. The lowest BCUT2D eigenvalue weighted by Gasteiger charge is -2.01. The van der Waals surface area contributed by atoms with Crippen LogP contribution >= 0.6 is 0 Å². The van der Waals surface area contributed by atoms with Crippen molar-refractivity contribution in [2.75, 3.05) is 0 Å². The van der Waals surface area contributed by atoms with Crippen LogP contribution < -0.4 is 0 Å². The molecule has 0 rings (SSSR count). The smallest absolute Gasteiger partial charge is 0.0376 e. The summed E-state index contributed by atoms with van der Waals surface area (Å²) in [6.07, 6.45) is 40.2. The summed E-state index contributed by atoms with van der Waals surface area (Å²) < 4.78 is 0. The molecule has 0 atom stereocenters. The molecule has 162 valence electrons. The van der Waals surface area contributed by atoms with Crippen molar-refractivity contribution in [1.82, 2.24) is 0 Å². The zero-order valence-electron chi connectivity index (χ0n) is 19.7. The SMILES string of the molecule is CCC=CC=CC=CC=CC=CCC.CCCCCCCCCCCCCC. The first-order valence-electron chi connectivity index (χ1n) is 12.1. The van der Waals surface area contributed by atoms with Crippen LogP contribution in [0.2, 0.25) is 0 Å². The van der Waals surface area contributed by atoms with Crippen LogP contribution in [0.25, 0.3) is 0 Å².